The maximum atomic E-state index is 13.3. The molecule has 3 atom stereocenters. The van der Waals surface area contributed by atoms with Crippen LogP contribution in [0, 0.1) is 5.92 Å². The zero-order chi connectivity index (χ0) is 19.5. The number of rotatable bonds is 5. The number of carbonyl (C=O) groups excluding carboxylic acids is 2. The molecule has 2 heterocycles. The molecule has 2 saturated heterocycles. The van der Waals surface area contributed by atoms with E-state index >= 15 is 0 Å². The number of hydrogen-bond acceptors (Lipinski definition) is 4. The first kappa shape index (κ1) is 18.7. The zero-order valence-corrected chi connectivity index (χ0v) is 16.2. The Morgan fingerprint density at radius 3 is 2.18 bits per heavy atom. The average molecular weight is 378 g/mol. The molecule has 0 bridgehead atoms. The first-order chi connectivity index (χ1) is 13.6. The van der Waals surface area contributed by atoms with Crippen LogP contribution in [0.2, 0.25) is 0 Å². The SMILES string of the molecule is CC(=O)O[C@@H]1C[C@H]2CN(Cc3ccccc3)C(=O)[C@H]2N(Cc2ccccc2)C1. The van der Waals surface area contributed by atoms with E-state index in [4.69, 9.17) is 4.74 Å². The number of benzene rings is 2. The van der Waals surface area contributed by atoms with Gasteiger partial charge in [0.2, 0.25) is 5.91 Å². The molecule has 2 aliphatic rings. The number of hydrogen-bond donors (Lipinski definition) is 0. The van der Waals surface area contributed by atoms with E-state index in [0.717, 1.165) is 12.0 Å². The Kier molecular flexibility index (Phi) is 5.44. The molecule has 2 aromatic carbocycles. The van der Waals surface area contributed by atoms with E-state index in [-0.39, 0.29) is 29.9 Å². The summed E-state index contributed by atoms with van der Waals surface area (Å²) in [6.45, 7) is 4.08. The Morgan fingerprint density at radius 2 is 1.57 bits per heavy atom. The molecule has 5 nitrogen and oxygen atoms in total. The molecule has 0 aliphatic carbocycles. The summed E-state index contributed by atoms with van der Waals surface area (Å²) in [6.07, 6.45) is 0.582. The number of nitrogens with zero attached hydrogens (tertiary/aromatic N) is 2. The van der Waals surface area contributed by atoms with Crippen LogP contribution in [-0.4, -0.2) is 46.9 Å². The fraction of sp³-hybridized carbons (Fsp3) is 0.391. The van der Waals surface area contributed by atoms with Crippen LogP contribution in [0.4, 0.5) is 0 Å². The Morgan fingerprint density at radius 1 is 0.964 bits per heavy atom. The van der Waals surface area contributed by atoms with E-state index in [2.05, 4.69) is 29.2 Å². The quantitative estimate of drug-likeness (QED) is 0.751. The van der Waals surface area contributed by atoms with Gasteiger partial charge in [0.25, 0.3) is 0 Å². The van der Waals surface area contributed by atoms with Crippen molar-refractivity contribution in [2.45, 2.75) is 38.6 Å². The van der Waals surface area contributed by atoms with Crippen molar-refractivity contribution >= 4 is 11.9 Å². The number of piperidine rings is 1. The van der Waals surface area contributed by atoms with Crippen molar-refractivity contribution in [1.82, 2.24) is 9.80 Å². The first-order valence-corrected chi connectivity index (χ1v) is 9.88. The Hall–Kier alpha value is -2.66. The summed E-state index contributed by atoms with van der Waals surface area (Å²) in [7, 11) is 0. The average Bonchev–Trinajstić information content (AvgIpc) is 2.98. The third kappa shape index (κ3) is 4.09. The molecule has 0 unspecified atom stereocenters. The van der Waals surface area contributed by atoms with Crippen molar-refractivity contribution in [2.24, 2.45) is 5.92 Å². The lowest BCUT2D eigenvalue weighted by Crippen LogP contribution is -2.52. The van der Waals surface area contributed by atoms with E-state index in [1.807, 2.05) is 41.3 Å². The summed E-state index contributed by atoms with van der Waals surface area (Å²) < 4.78 is 5.55. The van der Waals surface area contributed by atoms with Crippen LogP contribution >= 0.6 is 0 Å². The van der Waals surface area contributed by atoms with Crippen molar-refractivity contribution in [3.8, 4) is 0 Å². The van der Waals surface area contributed by atoms with Gasteiger partial charge in [0.05, 0.1) is 6.04 Å². The van der Waals surface area contributed by atoms with Crippen LogP contribution < -0.4 is 0 Å². The van der Waals surface area contributed by atoms with Gasteiger partial charge in [-0.05, 0) is 17.5 Å². The summed E-state index contributed by atoms with van der Waals surface area (Å²) in [4.78, 5) is 28.9. The molecule has 0 saturated carbocycles. The Labute approximate surface area is 165 Å². The molecule has 4 rings (SSSR count). The van der Waals surface area contributed by atoms with Crippen molar-refractivity contribution in [3.63, 3.8) is 0 Å². The standard InChI is InChI=1S/C23H26N2O3/c1-17(26)28-21-12-20-15-25(14-19-10-6-3-7-11-19)23(27)22(20)24(16-21)13-18-8-4-2-5-9-18/h2-11,20-22H,12-16H2,1H3/t20-,21+,22-/m0/s1. The number of ether oxygens (including phenoxy) is 1. The molecule has 28 heavy (non-hydrogen) atoms. The monoisotopic (exact) mass is 378 g/mol. The molecular formula is C23H26N2O3. The van der Waals surface area contributed by atoms with Crippen LogP contribution in [-0.2, 0) is 27.4 Å². The molecule has 0 radical (unpaired) electrons. The highest BCUT2D eigenvalue weighted by Crippen LogP contribution is 2.34. The van der Waals surface area contributed by atoms with E-state index in [1.165, 1.54) is 12.5 Å². The van der Waals surface area contributed by atoms with Crippen molar-refractivity contribution in [3.05, 3.63) is 71.8 Å². The van der Waals surface area contributed by atoms with Gasteiger partial charge in [-0.1, -0.05) is 60.7 Å². The predicted octanol–water partition coefficient (Wildman–Crippen LogP) is 2.85. The number of likely N-dealkylation sites (tertiary alicyclic amines) is 2. The molecule has 5 heteroatoms. The molecular weight excluding hydrogens is 352 g/mol. The van der Waals surface area contributed by atoms with E-state index < -0.39 is 0 Å². The molecule has 2 aliphatic heterocycles. The third-order valence-electron chi connectivity index (χ3n) is 5.64. The largest absolute Gasteiger partial charge is 0.461 e. The number of fused-ring (bicyclic) bond motifs is 1. The van der Waals surface area contributed by atoms with E-state index in [1.54, 1.807) is 0 Å². The van der Waals surface area contributed by atoms with Crippen LogP contribution in [0.25, 0.3) is 0 Å². The van der Waals surface area contributed by atoms with Gasteiger partial charge >= 0.3 is 5.97 Å². The summed E-state index contributed by atoms with van der Waals surface area (Å²) in [5.74, 6) is 0.109. The second-order valence-corrected chi connectivity index (χ2v) is 7.79. The van der Waals surface area contributed by atoms with Crippen LogP contribution in [0.15, 0.2) is 60.7 Å². The van der Waals surface area contributed by atoms with Crippen LogP contribution in [0.3, 0.4) is 0 Å². The fourth-order valence-electron chi connectivity index (χ4n) is 4.55. The summed E-state index contributed by atoms with van der Waals surface area (Å²) in [6, 6.07) is 20.1. The molecule has 0 N–H and O–H groups in total. The predicted molar refractivity (Wildman–Crippen MR) is 106 cm³/mol. The zero-order valence-electron chi connectivity index (χ0n) is 16.2. The maximum absolute atomic E-state index is 13.3. The van der Waals surface area contributed by atoms with Crippen molar-refractivity contribution in [2.75, 3.05) is 13.1 Å². The van der Waals surface area contributed by atoms with E-state index in [0.29, 0.717) is 26.2 Å². The van der Waals surface area contributed by atoms with Gasteiger partial charge in [0.15, 0.2) is 0 Å². The minimum Gasteiger partial charge on any atom is -0.461 e. The van der Waals surface area contributed by atoms with Crippen molar-refractivity contribution in [1.29, 1.82) is 0 Å². The lowest BCUT2D eigenvalue weighted by molar-refractivity contribution is -0.152. The minimum atomic E-state index is -0.256. The minimum absolute atomic E-state index is 0.143. The molecule has 0 spiro atoms. The Balaban J connectivity index is 1.54. The third-order valence-corrected chi connectivity index (χ3v) is 5.64. The van der Waals surface area contributed by atoms with Gasteiger partial charge in [0, 0.05) is 39.0 Å². The smallest absolute Gasteiger partial charge is 0.302 e. The highest BCUT2D eigenvalue weighted by molar-refractivity contribution is 5.84. The molecule has 0 aromatic heterocycles. The van der Waals surface area contributed by atoms with E-state index in [9.17, 15) is 9.59 Å². The highest BCUT2D eigenvalue weighted by Gasteiger charge is 2.48. The molecule has 1 amide bonds. The van der Waals surface area contributed by atoms with Crippen LogP contribution in [0.1, 0.15) is 24.5 Å². The van der Waals surface area contributed by atoms with Gasteiger partial charge in [0.1, 0.15) is 6.10 Å². The number of amides is 1. The van der Waals surface area contributed by atoms with Crippen LogP contribution in [0.5, 0.6) is 0 Å². The summed E-state index contributed by atoms with van der Waals surface area (Å²) >= 11 is 0. The van der Waals surface area contributed by atoms with Gasteiger partial charge in [-0.25, -0.2) is 0 Å². The van der Waals surface area contributed by atoms with Gasteiger partial charge in [-0.2, -0.15) is 0 Å². The number of esters is 1. The molecule has 2 fully saturated rings. The first-order valence-electron chi connectivity index (χ1n) is 9.88. The summed E-state index contributed by atoms with van der Waals surface area (Å²) in [5, 5.41) is 0. The number of carbonyl (C=O) groups is 2. The van der Waals surface area contributed by atoms with Gasteiger partial charge in [-0.3, -0.25) is 14.5 Å². The lowest BCUT2D eigenvalue weighted by atomic mass is 9.89. The summed E-state index contributed by atoms with van der Waals surface area (Å²) in [5.41, 5.74) is 2.31. The maximum Gasteiger partial charge on any atom is 0.302 e. The van der Waals surface area contributed by atoms with Gasteiger partial charge in [-0.15, -0.1) is 0 Å². The topological polar surface area (TPSA) is 49.9 Å². The lowest BCUT2D eigenvalue weighted by Gasteiger charge is -2.39. The van der Waals surface area contributed by atoms with Gasteiger partial charge < -0.3 is 9.64 Å². The Bertz CT molecular complexity index is 824. The highest BCUT2D eigenvalue weighted by atomic mass is 16.5. The molecule has 2 aromatic rings. The second-order valence-electron chi connectivity index (χ2n) is 7.79. The van der Waals surface area contributed by atoms with Crippen molar-refractivity contribution < 1.29 is 14.3 Å². The molecule has 146 valence electrons. The second kappa shape index (κ2) is 8.15. The fourth-order valence-corrected chi connectivity index (χ4v) is 4.55. The normalized spacial score (nSPS) is 24.8.